The molecule has 0 aliphatic carbocycles. The smallest absolute Gasteiger partial charge is 0.249 e. The average Bonchev–Trinajstić information content (AvgIpc) is 2.52. The maximum atomic E-state index is 11.5. The second kappa shape index (κ2) is 9.17. The van der Waals surface area contributed by atoms with Crippen molar-refractivity contribution in [2.75, 3.05) is 20.8 Å². The Kier molecular flexibility index (Phi) is 7.18. The fourth-order valence-electron chi connectivity index (χ4n) is 1.55. The van der Waals surface area contributed by atoms with Crippen LogP contribution in [0.25, 0.3) is 0 Å². The predicted molar refractivity (Wildman–Crippen MR) is 83.1 cm³/mol. The van der Waals surface area contributed by atoms with E-state index >= 15 is 0 Å². The second-order valence-corrected chi connectivity index (χ2v) is 4.17. The van der Waals surface area contributed by atoms with Gasteiger partial charge < -0.3 is 14.8 Å². The minimum atomic E-state index is -0.514. The SMILES string of the molecule is C=CCNC(=O)CC(=O)N/N=C\c1cc(OC)ccc1OC. The third kappa shape index (κ3) is 5.66. The van der Waals surface area contributed by atoms with Crippen molar-refractivity contribution in [2.24, 2.45) is 5.10 Å². The molecule has 1 rings (SSSR count). The lowest BCUT2D eigenvalue weighted by atomic mass is 10.2. The highest BCUT2D eigenvalue weighted by atomic mass is 16.5. The Labute approximate surface area is 129 Å². The van der Waals surface area contributed by atoms with Gasteiger partial charge in [-0.15, -0.1) is 6.58 Å². The number of ether oxygens (including phenoxy) is 2. The molecule has 0 fully saturated rings. The summed E-state index contributed by atoms with van der Waals surface area (Å²) < 4.78 is 10.3. The molecule has 0 aliphatic rings. The Morgan fingerprint density at radius 1 is 1.27 bits per heavy atom. The number of nitrogens with zero attached hydrogens (tertiary/aromatic N) is 1. The number of carbonyl (C=O) groups is 2. The number of amides is 2. The van der Waals surface area contributed by atoms with Gasteiger partial charge >= 0.3 is 0 Å². The van der Waals surface area contributed by atoms with E-state index in [4.69, 9.17) is 9.47 Å². The van der Waals surface area contributed by atoms with Gasteiger partial charge in [0.05, 0.1) is 20.4 Å². The highest BCUT2D eigenvalue weighted by Gasteiger charge is 2.07. The third-order valence-electron chi connectivity index (χ3n) is 2.59. The highest BCUT2D eigenvalue weighted by molar-refractivity contribution is 5.97. The lowest BCUT2D eigenvalue weighted by molar-refractivity contribution is -0.129. The number of nitrogens with one attached hydrogen (secondary N) is 2. The molecular formula is C15H19N3O4. The number of rotatable bonds is 8. The summed E-state index contributed by atoms with van der Waals surface area (Å²) in [5, 5.41) is 6.30. The van der Waals surface area contributed by atoms with Crippen molar-refractivity contribution in [1.29, 1.82) is 0 Å². The number of hydrazone groups is 1. The van der Waals surface area contributed by atoms with Crippen LogP contribution in [-0.4, -0.2) is 38.8 Å². The van der Waals surface area contributed by atoms with E-state index < -0.39 is 11.8 Å². The molecule has 0 saturated heterocycles. The Morgan fingerprint density at radius 3 is 2.68 bits per heavy atom. The zero-order valence-electron chi connectivity index (χ0n) is 12.6. The molecule has 1 aromatic carbocycles. The molecule has 0 bridgehead atoms. The van der Waals surface area contributed by atoms with Gasteiger partial charge in [-0.2, -0.15) is 5.10 Å². The number of hydrogen-bond donors (Lipinski definition) is 2. The molecule has 1 aromatic rings. The first-order valence-corrected chi connectivity index (χ1v) is 6.52. The Morgan fingerprint density at radius 2 is 2.05 bits per heavy atom. The van der Waals surface area contributed by atoms with Gasteiger partial charge in [0, 0.05) is 12.1 Å². The Bertz CT molecular complexity index is 570. The molecule has 0 unspecified atom stereocenters. The maximum absolute atomic E-state index is 11.5. The van der Waals surface area contributed by atoms with E-state index in [0.29, 0.717) is 23.6 Å². The van der Waals surface area contributed by atoms with E-state index in [0.717, 1.165) is 0 Å². The van der Waals surface area contributed by atoms with E-state index in [1.807, 2.05) is 0 Å². The van der Waals surface area contributed by atoms with Gasteiger partial charge in [0.25, 0.3) is 0 Å². The van der Waals surface area contributed by atoms with Crippen molar-refractivity contribution in [3.05, 3.63) is 36.4 Å². The Balaban J connectivity index is 2.59. The molecule has 0 atom stereocenters. The van der Waals surface area contributed by atoms with Crippen molar-refractivity contribution in [2.45, 2.75) is 6.42 Å². The minimum absolute atomic E-state index is 0.305. The normalized spacial score (nSPS) is 10.1. The van der Waals surface area contributed by atoms with E-state index in [-0.39, 0.29) is 6.42 Å². The molecule has 0 saturated carbocycles. The van der Waals surface area contributed by atoms with Crippen LogP contribution < -0.4 is 20.2 Å². The molecule has 2 amide bonds. The number of benzene rings is 1. The number of hydrogen-bond acceptors (Lipinski definition) is 5. The van der Waals surface area contributed by atoms with Crippen molar-refractivity contribution in [3.8, 4) is 11.5 Å². The summed E-state index contributed by atoms with van der Waals surface area (Å²) in [7, 11) is 3.08. The van der Waals surface area contributed by atoms with Gasteiger partial charge in [0.15, 0.2) is 0 Å². The van der Waals surface area contributed by atoms with Crippen LogP contribution in [0, 0.1) is 0 Å². The van der Waals surface area contributed by atoms with Gasteiger partial charge in [0.2, 0.25) is 11.8 Å². The quantitative estimate of drug-likeness (QED) is 0.322. The zero-order chi connectivity index (χ0) is 16.4. The van der Waals surface area contributed by atoms with E-state index in [2.05, 4.69) is 22.4 Å². The summed E-state index contributed by atoms with van der Waals surface area (Å²) in [6.45, 7) is 3.78. The molecule has 22 heavy (non-hydrogen) atoms. The summed E-state index contributed by atoms with van der Waals surface area (Å²) >= 11 is 0. The van der Waals surface area contributed by atoms with Crippen LogP contribution in [0.4, 0.5) is 0 Å². The lowest BCUT2D eigenvalue weighted by Gasteiger charge is -2.06. The monoisotopic (exact) mass is 305 g/mol. The molecule has 0 radical (unpaired) electrons. The van der Waals surface area contributed by atoms with Crippen LogP contribution in [0.2, 0.25) is 0 Å². The van der Waals surface area contributed by atoms with Gasteiger partial charge in [0.1, 0.15) is 17.9 Å². The van der Waals surface area contributed by atoms with Gasteiger partial charge in [-0.25, -0.2) is 5.43 Å². The molecular weight excluding hydrogens is 286 g/mol. The van der Waals surface area contributed by atoms with Gasteiger partial charge in [-0.05, 0) is 18.2 Å². The van der Waals surface area contributed by atoms with E-state index in [9.17, 15) is 9.59 Å². The molecule has 0 heterocycles. The first-order valence-electron chi connectivity index (χ1n) is 6.52. The maximum Gasteiger partial charge on any atom is 0.249 e. The summed E-state index contributed by atoms with van der Waals surface area (Å²) in [6.07, 6.45) is 2.64. The first kappa shape index (κ1) is 17.2. The third-order valence-corrected chi connectivity index (χ3v) is 2.59. The standard InChI is InChI=1S/C15H19N3O4/c1-4-7-16-14(19)9-15(20)18-17-10-11-8-12(21-2)5-6-13(11)22-3/h4-6,8,10H,1,7,9H2,2-3H3,(H,16,19)(H,18,20)/b17-10-. The van der Waals surface area contributed by atoms with Gasteiger partial charge in [-0.1, -0.05) is 6.08 Å². The summed E-state index contributed by atoms with van der Waals surface area (Å²) in [6, 6.07) is 5.19. The highest BCUT2D eigenvalue weighted by Crippen LogP contribution is 2.22. The fourth-order valence-corrected chi connectivity index (χ4v) is 1.55. The number of methoxy groups -OCH3 is 2. The summed E-state index contributed by atoms with van der Waals surface area (Å²) in [5.41, 5.74) is 2.91. The van der Waals surface area contributed by atoms with Crippen molar-refractivity contribution < 1.29 is 19.1 Å². The van der Waals surface area contributed by atoms with Crippen LogP contribution in [0.3, 0.4) is 0 Å². The largest absolute Gasteiger partial charge is 0.497 e. The number of carbonyl (C=O) groups excluding carboxylic acids is 2. The average molecular weight is 305 g/mol. The summed E-state index contributed by atoms with van der Waals surface area (Å²) in [5.74, 6) is 0.311. The fraction of sp³-hybridized carbons (Fsp3) is 0.267. The van der Waals surface area contributed by atoms with Crippen LogP contribution in [0.5, 0.6) is 11.5 Å². The van der Waals surface area contributed by atoms with E-state index in [1.165, 1.54) is 19.4 Å². The lowest BCUT2D eigenvalue weighted by Crippen LogP contribution is -2.29. The first-order chi connectivity index (χ1) is 10.6. The van der Waals surface area contributed by atoms with Crippen molar-refractivity contribution in [1.82, 2.24) is 10.7 Å². The van der Waals surface area contributed by atoms with Crippen LogP contribution >= 0.6 is 0 Å². The molecule has 118 valence electrons. The van der Waals surface area contributed by atoms with Crippen molar-refractivity contribution >= 4 is 18.0 Å². The Hall–Kier alpha value is -2.83. The van der Waals surface area contributed by atoms with Crippen molar-refractivity contribution in [3.63, 3.8) is 0 Å². The molecule has 7 nitrogen and oxygen atoms in total. The van der Waals surface area contributed by atoms with Crippen LogP contribution in [0.1, 0.15) is 12.0 Å². The second-order valence-electron chi connectivity index (χ2n) is 4.17. The molecule has 7 heteroatoms. The van der Waals surface area contributed by atoms with E-state index in [1.54, 1.807) is 25.3 Å². The zero-order valence-corrected chi connectivity index (χ0v) is 12.6. The predicted octanol–water partition coefficient (Wildman–Crippen LogP) is 0.846. The molecule has 2 N–H and O–H groups in total. The minimum Gasteiger partial charge on any atom is -0.497 e. The molecule has 0 spiro atoms. The molecule has 0 aromatic heterocycles. The van der Waals surface area contributed by atoms with Crippen LogP contribution in [-0.2, 0) is 9.59 Å². The van der Waals surface area contributed by atoms with Crippen LogP contribution in [0.15, 0.2) is 36.0 Å². The summed E-state index contributed by atoms with van der Waals surface area (Å²) in [4.78, 5) is 22.8. The molecule has 0 aliphatic heterocycles. The topological polar surface area (TPSA) is 89.0 Å². The van der Waals surface area contributed by atoms with Gasteiger partial charge in [-0.3, -0.25) is 9.59 Å².